The molecule has 0 spiro atoms. The predicted molar refractivity (Wildman–Crippen MR) is 76.4 cm³/mol. The fourth-order valence-electron chi connectivity index (χ4n) is 2.24. The molecule has 0 N–H and O–H groups in total. The summed E-state index contributed by atoms with van der Waals surface area (Å²) in [4.78, 5) is 11.7. The number of ketones is 1. The second-order valence-corrected chi connectivity index (χ2v) is 8.93. The Hall–Kier alpha value is -0.380. The Morgan fingerprint density at radius 3 is 2.22 bits per heavy atom. The zero-order valence-corrected chi connectivity index (χ0v) is 13.3. The molecule has 1 unspecified atom stereocenters. The summed E-state index contributed by atoms with van der Waals surface area (Å²) in [5.41, 5.74) is 0.241. The van der Waals surface area contributed by atoms with Crippen molar-refractivity contribution in [3.63, 3.8) is 0 Å². The fraction of sp³-hybridized carbons (Fsp3) is 0.929. The standard InChI is InChI=1S/C14H28O3S/c1-6-18(16,17)9-7-8-13(15)10-12(2)11-14(3,4)5/h12H,6-11H2,1-5H3. The van der Waals surface area contributed by atoms with Gasteiger partial charge < -0.3 is 0 Å². The van der Waals surface area contributed by atoms with Crippen LogP contribution in [-0.4, -0.2) is 25.7 Å². The van der Waals surface area contributed by atoms with Gasteiger partial charge in [0.05, 0.1) is 5.75 Å². The van der Waals surface area contributed by atoms with E-state index >= 15 is 0 Å². The first-order valence-corrected chi connectivity index (χ1v) is 8.60. The van der Waals surface area contributed by atoms with E-state index in [1.54, 1.807) is 6.92 Å². The Bertz CT molecular complexity index is 350. The van der Waals surface area contributed by atoms with Crippen LogP contribution in [0.5, 0.6) is 0 Å². The van der Waals surface area contributed by atoms with Crippen LogP contribution in [0.25, 0.3) is 0 Å². The van der Waals surface area contributed by atoms with Crippen molar-refractivity contribution in [2.24, 2.45) is 11.3 Å². The summed E-state index contributed by atoms with van der Waals surface area (Å²) in [6.45, 7) is 10.2. The van der Waals surface area contributed by atoms with Gasteiger partial charge in [0.1, 0.15) is 15.6 Å². The van der Waals surface area contributed by atoms with Gasteiger partial charge in [-0.3, -0.25) is 4.79 Å². The number of hydrogen-bond donors (Lipinski definition) is 0. The SMILES string of the molecule is CCS(=O)(=O)CCCC(=O)CC(C)CC(C)(C)C. The summed E-state index contributed by atoms with van der Waals surface area (Å²) >= 11 is 0. The third kappa shape index (κ3) is 9.63. The van der Waals surface area contributed by atoms with Crippen molar-refractivity contribution in [3.8, 4) is 0 Å². The van der Waals surface area contributed by atoms with Crippen molar-refractivity contribution < 1.29 is 13.2 Å². The van der Waals surface area contributed by atoms with Crippen LogP contribution in [0.3, 0.4) is 0 Å². The predicted octanol–water partition coefficient (Wildman–Crippen LogP) is 3.23. The summed E-state index contributed by atoms with van der Waals surface area (Å²) in [6, 6.07) is 0. The average Bonchev–Trinajstić information content (AvgIpc) is 2.13. The molecule has 0 bridgehead atoms. The molecular formula is C14H28O3S. The van der Waals surface area contributed by atoms with Crippen molar-refractivity contribution >= 4 is 15.6 Å². The molecule has 4 heteroatoms. The van der Waals surface area contributed by atoms with E-state index in [4.69, 9.17) is 0 Å². The van der Waals surface area contributed by atoms with Gasteiger partial charge in [-0.2, -0.15) is 0 Å². The molecule has 0 fully saturated rings. The zero-order chi connectivity index (χ0) is 14.4. The number of sulfone groups is 1. The van der Waals surface area contributed by atoms with Gasteiger partial charge in [-0.1, -0.05) is 34.6 Å². The van der Waals surface area contributed by atoms with Gasteiger partial charge in [0.2, 0.25) is 0 Å². The summed E-state index contributed by atoms with van der Waals surface area (Å²) in [6.07, 6.45) is 2.46. The minimum Gasteiger partial charge on any atom is -0.300 e. The largest absolute Gasteiger partial charge is 0.300 e. The van der Waals surface area contributed by atoms with E-state index in [1.165, 1.54) is 0 Å². The lowest BCUT2D eigenvalue weighted by molar-refractivity contribution is -0.120. The first-order chi connectivity index (χ1) is 8.06. The molecule has 0 aromatic rings. The van der Waals surface area contributed by atoms with E-state index < -0.39 is 9.84 Å². The van der Waals surface area contributed by atoms with E-state index in [-0.39, 0.29) is 22.7 Å². The quantitative estimate of drug-likeness (QED) is 0.684. The molecule has 0 saturated carbocycles. The fourth-order valence-corrected chi connectivity index (χ4v) is 3.11. The van der Waals surface area contributed by atoms with Gasteiger partial charge in [-0.05, 0) is 24.2 Å². The summed E-state index contributed by atoms with van der Waals surface area (Å²) in [7, 11) is -2.92. The monoisotopic (exact) mass is 276 g/mol. The van der Waals surface area contributed by atoms with Gasteiger partial charge in [0.25, 0.3) is 0 Å². The zero-order valence-electron chi connectivity index (χ0n) is 12.5. The third-order valence-corrected chi connectivity index (χ3v) is 4.68. The first kappa shape index (κ1) is 17.6. The highest BCUT2D eigenvalue weighted by atomic mass is 32.2. The van der Waals surface area contributed by atoms with E-state index in [9.17, 15) is 13.2 Å². The van der Waals surface area contributed by atoms with Crippen molar-refractivity contribution in [2.75, 3.05) is 11.5 Å². The molecule has 0 aliphatic rings. The molecule has 0 aliphatic heterocycles. The number of Topliss-reactive ketones (excluding diaryl/α,β-unsaturated/α-hetero) is 1. The van der Waals surface area contributed by atoms with Gasteiger partial charge in [-0.25, -0.2) is 8.42 Å². The molecule has 0 heterocycles. The van der Waals surface area contributed by atoms with Gasteiger partial charge >= 0.3 is 0 Å². The second kappa shape index (κ2) is 7.27. The first-order valence-electron chi connectivity index (χ1n) is 6.78. The molecule has 3 nitrogen and oxygen atoms in total. The van der Waals surface area contributed by atoms with Crippen LogP contribution in [0.1, 0.15) is 60.3 Å². The minimum absolute atomic E-state index is 0.142. The summed E-state index contributed by atoms with van der Waals surface area (Å²) in [5.74, 6) is 0.878. The van der Waals surface area contributed by atoms with E-state index in [2.05, 4.69) is 27.7 Å². The smallest absolute Gasteiger partial charge is 0.150 e. The number of rotatable bonds is 8. The van der Waals surface area contributed by atoms with Crippen LogP contribution in [0.15, 0.2) is 0 Å². The lowest BCUT2D eigenvalue weighted by Crippen LogP contribution is -2.15. The third-order valence-electron chi connectivity index (χ3n) is 2.89. The normalized spacial score (nSPS) is 14.5. The second-order valence-electron chi connectivity index (χ2n) is 6.45. The van der Waals surface area contributed by atoms with Gasteiger partial charge in [0, 0.05) is 18.6 Å². The van der Waals surface area contributed by atoms with E-state index in [1.807, 2.05) is 0 Å². The number of carbonyl (C=O) groups excluding carboxylic acids is 1. The molecule has 0 aliphatic carbocycles. The summed E-state index contributed by atoms with van der Waals surface area (Å²) in [5, 5.41) is 0. The van der Waals surface area contributed by atoms with Crippen LogP contribution in [0, 0.1) is 11.3 Å². The van der Waals surface area contributed by atoms with E-state index in [0.717, 1.165) is 6.42 Å². The molecule has 0 amide bonds. The van der Waals surface area contributed by atoms with Crippen LogP contribution >= 0.6 is 0 Å². The maximum Gasteiger partial charge on any atom is 0.150 e. The van der Waals surface area contributed by atoms with Gasteiger partial charge in [0.15, 0.2) is 0 Å². The highest BCUT2D eigenvalue weighted by molar-refractivity contribution is 7.91. The average molecular weight is 276 g/mol. The highest BCUT2D eigenvalue weighted by Crippen LogP contribution is 2.26. The highest BCUT2D eigenvalue weighted by Gasteiger charge is 2.18. The molecule has 0 aromatic carbocycles. The molecule has 18 heavy (non-hydrogen) atoms. The van der Waals surface area contributed by atoms with E-state index in [0.29, 0.717) is 25.2 Å². The minimum atomic E-state index is -2.92. The maximum atomic E-state index is 11.7. The lowest BCUT2D eigenvalue weighted by Gasteiger charge is -2.22. The molecule has 0 radical (unpaired) electrons. The Balaban J connectivity index is 3.92. The molecule has 0 saturated heterocycles. The molecule has 0 aromatic heterocycles. The number of hydrogen-bond acceptors (Lipinski definition) is 3. The Labute approximate surface area is 112 Å². The Morgan fingerprint density at radius 2 is 1.78 bits per heavy atom. The van der Waals surface area contributed by atoms with Crippen LogP contribution in [0.4, 0.5) is 0 Å². The van der Waals surface area contributed by atoms with Crippen molar-refractivity contribution in [2.45, 2.75) is 60.3 Å². The Kier molecular flexibility index (Phi) is 7.11. The molecule has 0 rings (SSSR count). The van der Waals surface area contributed by atoms with Crippen LogP contribution in [-0.2, 0) is 14.6 Å². The van der Waals surface area contributed by atoms with Crippen LogP contribution in [0.2, 0.25) is 0 Å². The molecule has 108 valence electrons. The maximum absolute atomic E-state index is 11.7. The van der Waals surface area contributed by atoms with Gasteiger partial charge in [-0.15, -0.1) is 0 Å². The molecular weight excluding hydrogens is 248 g/mol. The van der Waals surface area contributed by atoms with Crippen LogP contribution < -0.4 is 0 Å². The van der Waals surface area contributed by atoms with Crippen molar-refractivity contribution in [1.29, 1.82) is 0 Å². The lowest BCUT2D eigenvalue weighted by atomic mass is 9.83. The molecule has 1 atom stereocenters. The summed E-state index contributed by atoms with van der Waals surface area (Å²) < 4.78 is 22.6. The van der Waals surface area contributed by atoms with Crippen molar-refractivity contribution in [3.05, 3.63) is 0 Å². The topological polar surface area (TPSA) is 51.2 Å². The number of carbonyl (C=O) groups is 1. The Morgan fingerprint density at radius 1 is 1.22 bits per heavy atom. The van der Waals surface area contributed by atoms with Crippen molar-refractivity contribution in [1.82, 2.24) is 0 Å².